The molecule has 146 valence electrons. The molecule has 3 rings (SSSR count). The Morgan fingerprint density at radius 1 is 1.26 bits per heavy atom. The highest BCUT2D eigenvalue weighted by atomic mass is 16.2. The highest BCUT2D eigenvalue weighted by molar-refractivity contribution is 5.76. The smallest absolute Gasteiger partial charge is 0.222 e. The van der Waals surface area contributed by atoms with Crippen LogP contribution in [-0.2, 0) is 11.2 Å². The van der Waals surface area contributed by atoms with Crippen molar-refractivity contribution >= 4 is 11.6 Å². The molecule has 1 aliphatic heterocycles. The van der Waals surface area contributed by atoms with Crippen molar-refractivity contribution in [1.82, 2.24) is 14.5 Å². The number of aryl methyl sites for hydroxylation is 1. The Morgan fingerprint density at radius 3 is 2.67 bits per heavy atom. The molecular weight excluding hydrogens is 336 g/mol. The van der Waals surface area contributed by atoms with E-state index < -0.39 is 0 Å². The van der Waals surface area contributed by atoms with Crippen molar-refractivity contribution in [3.63, 3.8) is 0 Å². The molecule has 1 atom stereocenters. The molecule has 1 saturated heterocycles. The normalized spacial score (nSPS) is 17.4. The topological polar surface area (TPSA) is 41.4 Å². The minimum absolute atomic E-state index is 0.263. The Bertz CT molecular complexity index is 748. The lowest BCUT2D eigenvalue weighted by molar-refractivity contribution is -0.132. The van der Waals surface area contributed by atoms with E-state index in [1.165, 1.54) is 11.3 Å². The molecule has 0 N–H and O–H groups in total. The van der Waals surface area contributed by atoms with Crippen molar-refractivity contribution in [2.24, 2.45) is 0 Å². The number of carbonyl (C=O) groups excluding carboxylic acids is 1. The second kappa shape index (κ2) is 8.59. The molecule has 1 aliphatic rings. The van der Waals surface area contributed by atoms with Crippen LogP contribution in [0.15, 0.2) is 36.7 Å². The summed E-state index contributed by atoms with van der Waals surface area (Å²) in [6, 6.07) is 8.88. The van der Waals surface area contributed by atoms with Crippen LogP contribution < -0.4 is 4.90 Å². The second-order valence-electron chi connectivity index (χ2n) is 8.03. The van der Waals surface area contributed by atoms with E-state index >= 15 is 0 Å². The van der Waals surface area contributed by atoms with E-state index in [0.717, 1.165) is 38.2 Å². The van der Waals surface area contributed by atoms with Crippen LogP contribution in [0, 0.1) is 0 Å². The summed E-state index contributed by atoms with van der Waals surface area (Å²) in [5.41, 5.74) is 2.41. The van der Waals surface area contributed by atoms with Gasteiger partial charge in [0, 0.05) is 63.6 Å². The van der Waals surface area contributed by atoms with Gasteiger partial charge in [-0.15, -0.1) is 0 Å². The first kappa shape index (κ1) is 19.5. The Labute approximate surface area is 163 Å². The van der Waals surface area contributed by atoms with Gasteiger partial charge >= 0.3 is 0 Å². The molecule has 1 fully saturated rings. The summed E-state index contributed by atoms with van der Waals surface area (Å²) < 4.78 is 2.24. The zero-order chi connectivity index (χ0) is 19.4. The summed E-state index contributed by atoms with van der Waals surface area (Å²) in [4.78, 5) is 21.5. The van der Waals surface area contributed by atoms with Crippen LogP contribution in [0.4, 0.5) is 5.69 Å². The first-order chi connectivity index (χ1) is 13.0. The number of anilines is 1. The molecule has 1 aromatic carbocycles. The number of piperidine rings is 1. The van der Waals surface area contributed by atoms with Crippen molar-refractivity contribution < 1.29 is 4.79 Å². The molecule has 27 heavy (non-hydrogen) atoms. The summed E-state index contributed by atoms with van der Waals surface area (Å²) in [5, 5.41) is 0. The lowest BCUT2D eigenvalue weighted by atomic mass is 9.96. The number of carbonyl (C=O) groups is 1. The molecule has 1 aromatic heterocycles. The van der Waals surface area contributed by atoms with E-state index in [1.54, 1.807) is 0 Å². The van der Waals surface area contributed by atoms with Crippen LogP contribution in [0.25, 0.3) is 0 Å². The maximum absolute atomic E-state index is 12.8. The zero-order valence-electron chi connectivity index (χ0n) is 17.1. The molecule has 0 bridgehead atoms. The standard InChI is InChI=1S/C22H32N4O/c1-17(2)26-15-13-23-22(26)19-6-5-14-25(16-19)21(27)12-9-18-7-10-20(11-8-18)24(3)4/h7-8,10-11,13,15,17,19H,5-6,9,12,14,16H2,1-4H3/t19-/m0/s1. The number of imidazole rings is 1. The maximum Gasteiger partial charge on any atom is 0.222 e. The Balaban J connectivity index is 1.57. The minimum Gasteiger partial charge on any atom is -0.378 e. The van der Waals surface area contributed by atoms with Crippen molar-refractivity contribution in [2.45, 2.75) is 51.5 Å². The summed E-state index contributed by atoms with van der Waals surface area (Å²) in [5.74, 6) is 1.74. The predicted molar refractivity (Wildman–Crippen MR) is 110 cm³/mol. The van der Waals surface area contributed by atoms with Gasteiger partial charge in [0.05, 0.1) is 0 Å². The summed E-state index contributed by atoms with van der Waals surface area (Å²) in [7, 11) is 4.08. The summed E-state index contributed by atoms with van der Waals surface area (Å²) in [6.07, 6.45) is 7.48. The average molecular weight is 369 g/mol. The Kier molecular flexibility index (Phi) is 6.19. The number of likely N-dealkylation sites (tertiary alicyclic amines) is 1. The molecule has 1 amide bonds. The van der Waals surface area contributed by atoms with Crippen LogP contribution >= 0.6 is 0 Å². The van der Waals surface area contributed by atoms with Gasteiger partial charge in [0.25, 0.3) is 0 Å². The zero-order valence-corrected chi connectivity index (χ0v) is 17.1. The molecule has 2 heterocycles. The average Bonchev–Trinajstić information content (AvgIpc) is 3.17. The van der Waals surface area contributed by atoms with Crippen LogP contribution in [0.2, 0.25) is 0 Å². The lowest BCUT2D eigenvalue weighted by Gasteiger charge is -2.33. The molecule has 0 spiro atoms. The maximum atomic E-state index is 12.8. The van der Waals surface area contributed by atoms with E-state index in [1.807, 2.05) is 25.2 Å². The number of rotatable bonds is 6. The number of benzene rings is 1. The van der Waals surface area contributed by atoms with Crippen LogP contribution in [0.1, 0.15) is 56.5 Å². The van der Waals surface area contributed by atoms with Gasteiger partial charge in [-0.1, -0.05) is 12.1 Å². The predicted octanol–water partition coefficient (Wildman–Crippen LogP) is 3.87. The molecule has 0 saturated carbocycles. The third-order valence-corrected chi connectivity index (χ3v) is 5.47. The summed E-state index contributed by atoms with van der Waals surface area (Å²) >= 11 is 0. The van der Waals surface area contributed by atoms with Gasteiger partial charge < -0.3 is 14.4 Å². The second-order valence-corrected chi connectivity index (χ2v) is 8.03. The van der Waals surface area contributed by atoms with Gasteiger partial charge in [0.2, 0.25) is 5.91 Å². The minimum atomic E-state index is 0.263. The fourth-order valence-corrected chi connectivity index (χ4v) is 3.86. The van der Waals surface area contributed by atoms with E-state index in [9.17, 15) is 4.79 Å². The van der Waals surface area contributed by atoms with Gasteiger partial charge in [-0.05, 0) is 50.8 Å². The van der Waals surface area contributed by atoms with Crippen molar-refractivity contribution in [1.29, 1.82) is 0 Å². The molecule has 2 aromatic rings. The lowest BCUT2D eigenvalue weighted by Crippen LogP contribution is -2.40. The van der Waals surface area contributed by atoms with Crippen molar-refractivity contribution in [3.05, 3.63) is 48.0 Å². The van der Waals surface area contributed by atoms with E-state index in [0.29, 0.717) is 18.4 Å². The first-order valence-electron chi connectivity index (χ1n) is 10.0. The number of nitrogens with zero attached hydrogens (tertiary/aromatic N) is 4. The highest BCUT2D eigenvalue weighted by Gasteiger charge is 2.27. The highest BCUT2D eigenvalue weighted by Crippen LogP contribution is 2.28. The molecule has 5 nitrogen and oxygen atoms in total. The molecular formula is C22H32N4O. The quantitative estimate of drug-likeness (QED) is 0.777. The third-order valence-electron chi connectivity index (χ3n) is 5.47. The van der Waals surface area contributed by atoms with Crippen LogP contribution in [0.3, 0.4) is 0 Å². The Morgan fingerprint density at radius 2 is 2.00 bits per heavy atom. The number of amides is 1. The van der Waals surface area contributed by atoms with Gasteiger partial charge in [-0.3, -0.25) is 4.79 Å². The molecule has 0 unspecified atom stereocenters. The van der Waals surface area contributed by atoms with Crippen molar-refractivity contribution in [3.8, 4) is 0 Å². The van der Waals surface area contributed by atoms with Gasteiger partial charge in [-0.2, -0.15) is 0 Å². The number of aromatic nitrogens is 2. The van der Waals surface area contributed by atoms with Crippen LogP contribution in [-0.4, -0.2) is 47.5 Å². The van der Waals surface area contributed by atoms with E-state index in [4.69, 9.17) is 0 Å². The third kappa shape index (κ3) is 4.71. The molecule has 0 radical (unpaired) electrons. The fraction of sp³-hybridized carbons (Fsp3) is 0.545. The fourth-order valence-electron chi connectivity index (χ4n) is 3.86. The monoisotopic (exact) mass is 368 g/mol. The van der Waals surface area contributed by atoms with Crippen molar-refractivity contribution in [2.75, 3.05) is 32.1 Å². The number of hydrogen-bond acceptors (Lipinski definition) is 3. The molecule has 5 heteroatoms. The largest absolute Gasteiger partial charge is 0.378 e. The molecule has 0 aliphatic carbocycles. The van der Waals surface area contributed by atoms with Gasteiger partial charge in [-0.25, -0.2) is 4.98 Å². The van der Waals surface area contributed by atoms with Gasteiger partial charge in [0.1, 0.15) is 5.82 Å². The van der Waals surface area contributed by atoms with Gasteiger partial charge in [0.15, 0.2) is 0 Å². The Hall–Kier alpha value is -2.30. The summed E-state index contributed by atoms with van der Waals surface area (Å²) in [6.45, 7) is 6.02. The first-order valence-corrected chi connectivity index (χ1v) is 10.0. The van der Waals surface area contributed by atoms with E-state index in [-0.39, 0.29) is 5.91 Å². The SMILES string of the molecule is CC(C)n1ccnc1[C@H]1CCCN(C(=O)CCc2ccc(N(C)C)cc2)C1. The number of hydrogen-bond donors (Lipinski definition) is 0. The van der Waals surface area contributed by atoms with E-state index in [2.05, 4.69) is 58.8 Å². The van der Waals surface area contributed by atoms with Crippen LogP contribution in [0.5, 0.6) is 0 Å².